The Morgan fingerprint density at radius 1 is 1.52 bits per heavy atom. The summed E-state index contributed by atoms with van der Waals surface area (Å²) in [6.45, 7) is 0. The zero-order valence-electron chi connectivity index (χ0n) is 10.5. The lowest BCUT2D eigenvalue weighted by Crippen LogP contribution is -2.42. The van der Waals surface area contributed by atoms with Crippen molar-refractivity contribution in [1.82, 2.24) is 15.3 Å². The number of hydrogen-bond acceptors (Lipinski definition) is 6. The predicted octanol–water partition coefficient (Wildman–Crippen LogP) is 0.805. The number of hydrogen-bond donors (Lipinski definition) is 3. The number of aliphatic carboxylic acids is 1. The molecule has 21 heavy (non-hydrogen) atoms. The summed E-state index contributed by atoms with van der Waals surface area (Å²) in [7, 11) is 0. The summed E-state index contributed by atoms with van der Waals surface area (Å²) in [4.78, 5) is 39.6. The van der Waals surface area contributed by atoms with Crippen LogP contribution in [0, 0.1) is 10.1 Å². The van der Waals surface area contributed by atoms with Crippen molar-refractivity contribution >= 4 is 28.2 Å². The van der Waals surface area contributed by atoms with Gasteiger partial charge < -0.3 is 15.4 Å². The summed E-state index contributed by atoms with van der Waals surface area (Å²) >= 11 is 0.687. The van der Waals surface area contributed by atoms with Crippen LogP contribution in [0.1, 0.15) is 15.4 Å². The van der Waals surface area contributed by atoms with Crippen molar-refractivity contribution in [2.24, 2.45) is 0 Å². The van der Waals surface area contributed by atoms with E-state index >= 15 is 0 Å². The second-order valence-corrected chi connectivity index (χ2v) is 5.10. The van der Waals surface area contributed by atoms with E-state index in [2.05, 4.69) is 15.3 Å². The van der Waals surface area contributed by atoms with Crippen molar-refractivity contribution in [3.05, 3.63) is 45.3 Å². The van der Waals surface area contributed by atoms with Gasteiger partial charge in [0.1, 0.15) is 6.04 Å². The Hall–Kier alpha value is -2.75. The summed E-state index contributed by atoms with van der Waals surface area (Å²) in [6.07, 6.45) is 2.89. The Morgan fingerprint density at radius 3 is 2.81 bits per heavy atom. The molecule has 3 N–H and O–H groups in total. The van der Waals surface area contributed by atoms with Crippen molar-refractivity contribution in [2.45, 2.75) is 12.5 Å². The topological polar surface area (TPSA) is 138 Å². The van der Waals surface area contributed by atoms with Gasteiger partial charge in [-0.2, -0.15) is 0 Å². The molecular formula is C11H10N4O5S. The third-order valence-corrected chi connectivity index (χ3v) is 3.61. The quantitative estimate of drug-likeness (QED) is 0.533. The molecule has 10 heteroatoms. The number of nitrogens with one attached hydrogen (secondary N) is 2. The summed E-state index contributed by atoms with van der Waals surface area (Å²) in [5.74, 6) is -1.87. The number of carboxylic acids is 1. The van der Waals surface area contributed by atoms with E-state index in [-0.39, 0.29) is 16.3 Å². The number of H-pyrrole nitrogens is 1. The van der Waals surface area contributed by atoms with Crippen molar-refractivity contribution in [1.29, 1.82) is 0 Å². The highest BCUT2D eigenvalue weighted by Crippen LogP contribution is 2.23. The van der Waals surface area contributed by atoms with Gasteiger partial charge in [-0.05, 0) is 6.07 Å². The van der Waals surface area contributed by atoms with E-state index in [4.69, 9.17) is 5.11 Å². The lowest BCUT2D eigenvalue weighted by Gasteiger charge is -2.12. The van der Waals surface area contributed by atoms with Crippen molar-refractivity contribution in [3.8, 4) is 0 Å². The third kappa shape index (κ3) is 3.63. The first-order valence-electron chi connectivity index (χ1n) is 5.72. The minimum absolute atomic E-state index is 0.0363. The monoisotopic (exact) mass is 310 g/mol. The number of carbonyl (C=O) groups is 2. The second kappa shape index (κ2) is 6.13. The smallest absolute Gasteiger partial charge is 0.326 e. The number of nitro groups is 1. The molecule has 2 aromatic rings. The van der Waals surface area contributed by atoms with E-state index in [0.29, 0.717) is 17.0 Å². The molecule has 1 amide bonds. The first kappa shape index (κ1) is 14.7. The van der Waals surface area contributed by atoms with Crippen molar-refractivity contribution in [3.63, 3.8) is 0 Å². The Labute approximate surface area is 121 Å². The second-order valence-electron chi connectivity index (χ2n) is 4.04. The molecule has 1 atom stereocenters. The average Bonchev–Trinajstić information content (AvgIpc) is 3.08. The fraction of sp³-hybridized carbons (Fsp3) is 0.182. The van der Waals surface area contributed by atoms with Crippen LogP contribution < -0.4 is 5.32 Å². The lowest BCUT2D eigenvalue weighted by atomic mass is 10.1. The average molecular weight is 310 g/mol. The number of amides is 1. The Morgan fingerprint density at radius 2 is 2.29 bits per heavy atom. The number of imidazole rings is 1. The zero-order chi connectivity index (χ0) is 15.4. The van der Waals surface area contributed by atoms with Gasteiger partial charge in [0.05, 0.1) is 16.1 Å². The summed E-state index contributed by atoms with van der Waals surface area (Å²) in [5.41, 5.74) is 0.555. The van der Waals surface area contributed by atoms with Crippen LogP contribution in [0.5, 0.6) is 0 Å². The van der Waals surface area contributed by atoms with E-state index in [0.717, 1.165) is 0 Å². The molecule has 0 aliphatic rings. The number of aromatic amines is 1. The molecule has 0 fully saturated rings. The van der Waals surface area contributed by atoms with Crippen LogP contribution in [-0.2, 0) is 11.2 Å². The number of aromatic nitrogens is 2. The van der Waals surface area contributed by atoms with Gasteiger partial charge >= 0.3 is 11.0 Å². The zero-order valence-corrected chi connectivity index (χ0v) is 11.3. The number of carbonyl (C=O) groups excluding carboxylic acids is 1. The maximum absolute atomic E-state index is 11.9. The van der Waals surface area contributed by atoms with Gasteiger partial charge in [-0.1, -0.05) is 11.3 Å². The Bertz CT molecular complexity index is 666. The number of nitrogens with zero attached hydrogens (tertiary/aromatic N) is 2. The molecule has 0 unspecified atom stereocenters. The van der Waals surface area contributed by atoms with E-state index < -0.39 is 22.8 Å². The normalized spacial score (nSPS) is 11.8. The molecule has 2 heterocycles. The lowest BCUT2D eigenvalue weighted by molar-refractivity contribution is -0.380. The molecular weight excluding hydrogens is 300 g/mol. The molecule has 2 rings (SSSR count). The molecule has 2 aromatic heterocycles. The molecule has 9 nitrogen and oxygen atoms in total. The Balaban J connectivity index is 2.07. The minimum Gasteiger partial charge on any atom is -0.480 e. The van der Waals surface area contributed by atoms with Crippen LogP contribution >= 0.6 is 11.3 Å². The summed E-state index contributed by atoms with van der Waals surface area (Å²) in [5, 5.41) is 21.8. The molecule has 0 bridgehead atoms. The van der Waals surface area contributed by atoms with Gasteiger partial charge in [0.15, 0.2) is 0 Å². The van der Waals surface area contributed by atoms with Crippen LogP contribution in [0.25, 0.3) is 0 Å². The number of carboxylic acid groups (broad SMARTS) is 1. The first-order chi connectivity index (χ1) is 9.97. The summed E-state index contributed by atoms with van der Waals surface area (Å²) in [6, 6.07) is 1.33. The van der Waals surface area contributed by atoms with Crippen LogP contribution in [-0.4, -0.2) is 37.9 Å². The highest BCUT2D eigenvalue weighted by Gasteiger charge is 2.23. The minimum atomic E-state index is -1.20. The van der Waals surface area contributed by atoms with E-state index in [1.54, 1.807) is 0 Å². The van der Waals surface area contributed by atoms with Gasteiger partial charge in [0, 0.05) is 24.4 Å². The van der Waals surface area contributed by atoms with Gasteiger partial charge in [-0.3, -0.25) is 14.9 Å². The largest absolute Gasteiger partial charge is 0.480 e. The molecule has 110 valence electrons. The molecule has 0 saturated heterocycles. The fourth-order valence-corrected chi connectivity index (χ4v) is 2.32. The highest BCUT2D eigenvalue weighted by atomic mass is 32.1. The first-order valence-corrected chi connectivity index (χ1v) is 6.54. The molecule has 0 spiro atoms. The fourth-order valence-electron chi connectivity index (χ4n) is 1.59. The molecule has 0 saturated carbocycles. The van der Waals surface area contributed by atoms with Crippen molar-refractivity contribution in [2.75, 3.05) is 0 Å². The molecule has 0 radical (unpaired) electrons. The predicted molar refractivity (Wildman–Crippen MR) is 72.2 cm³/mol. The molecule has 0 aliphatic carbocycles. The number of thiophene rings is 1. The standard InChI is InChI=1S/C11H10N4O5S/c16-10(8-1-2-9(21-8)15(19)20)14-7(11(17)18)3-6-4-12-5-13-6/h1-2,4-5,7H,3H2,(H,12,13)(H,14,16)(H,17,18)/t7-/m0/s1. The Kier molecular flexibility index (Phi) is 4.28. The third-order valence-electron chi connectivity index (χ3n) is 2.58. The van der Waals surface area contributed by atoms with Gasteiger partial charge in [0.25, 0.3) is 5.91 Å². The van der Waals surface area contributed by atoms with Crippen LogP contribution in [0.3, 0.4) is 0 Å². The van der Waals surface area contributed by atoms with Gasteiger partial charge in [0.2, 0.25) is 0 Å². The SMILES string of the molecule is O=C(N[C@@H](Cc1cnc[nH]1)C(=O)O)c1ccc([N+](=O)[O-])s1. The summed E-state index contributed by atoms with van der Waals surface area (Å²) < 4.78 is 0. The van der Waals surface area contributed by atoms with Crippen LogP contribution in [0.4, 0.5) is 5.00 Å². The van der Waals surface area contributed by atoms with Gasteiger partial charge in [-0.25, -0.2) is 9.78 Å². The highest BCUT2D eigenvalue weighted by molar-refractivity contribution is 7.17. The van der Waals surface area contributed by atoms with E-state index in [1.165, 1.54) is 24.7 Å². The van der Waals surface area contributed by atoms with E-state index in [9.17, 15) is 19.7 Å². The number of rotatable bonds is 6. The maximum Gasteiger partial charge on any atom is 0.326 e. The maximum atomic E-state index is 11.9. The van der Waals surface area contributed by atoms with Gasteiger partial charge in [-0.15, -0.1) is 0 Å². The molecule has 0 aliphatic heterocycles. The molecule has 0 aromatic carbocycles. The van der Waals surface area contributed by atoms with Crippen molar-refractivity contribution < 1.29 is 19.6 Å². The van der Waals surface area contributed by atoms with Crippen LogP contribution in [0.15, 0.2) is 24.7 Å². The van der Waals surface area contributed by atoms with Crippen LogP contribution in [0.2, 0.25) is 0 Å². The van der Waals surface area contributed by atoms with E-state index in [1.807, 2.05) is 0 Å².